The maximum atomic E-state index is 13.5. The molecule has 0 aliphatic heterocycles. The predicted molar refractivity (Wildman–Crippen MR) is 134 cm³/mol. The average molecular weight is 494 g/mol. The number of benzene rings is 2. The normalized spacial score (nSPS) is 11.9. The number of carbonyl (C=O) groups is 1. The van der Waals surface area contributed by atoms with Crippen LogP contribution in [-0.4, -0.2) is 31.6 Å². The van der Waals surface area contributed by atoms with Crippen LogP contribution in [0.4, 0.5) is 0 Å². The molecule has 0 saturated carbocycles. The lowest BCUT2D eigenvalue weighted by molar-refractivity contribution is 0.0933. The van der Waals surface area contributed by atoms with Gasteiger partial charge in [-0.05, 0) is 18.9 Å². The van der Waals surface area contributed by atoms with Gasteiger partial charge in [-0.15, -0.1) is 10.2 Å². The molecule has 7 nitrogen and oxygen atoms in total. The molecule has 2 heterocycles. The fourth-order valence-corrected chi connectivity index (χ4v) is 4.45. The van der Waals surface area contributed by atoms with E-state index in [0.29, 0.717) is 45.2 Å². The van der Waals surface area contributed by atoms with Crippen LogP contribution in [-0.2, 0) is 13.5 Å². The molecule has 2 aromatic carbocycles. The van der Waals surface area contributed by atoms with Gasteiger partial charge >= 0.3 is 0 Å². The molecule has 0 fully saturated rings. The van der Waals surface area contributed by atoms with Gasteiger partial charge in [-0.3, -0.25) is 4.79 Å². The van der Waals surface area contributed by atoms with Crippen LogP contribution in [0.15, 0.2) is 82.0 Å². The summed E-state index contributed by atoms with van der Waals surface area (Å²) in [7, 11) is 1.87. The van der Waals surface area contributed by atoms with Gasteiger partial charge in [0.2, 0.25) is 0 Å². The SMILES string of the molecule is C=C(Cl)CSc1nnc([C@H](Cc2ccccc2)NC(=O)c2c(-c3ccccc3)noc2C)n1C. The van der Waals surface area contributed by atoms with E-state index in [2.05, 4.69) is 27.2 Å². The minimum atomic E-state index is -0.432. The molecule has 0 aliphatic carbocycles. The zero-order valence-corrected chi connectivity index (χ0v) is 20.4. The molecule has 1 N–H and O–H groups in total. The molecule has 0 spiro atoms. The van der Waals surface area contributed by atoms with E-state index >= 15 is 0 Å². The van der Waals surface area contributed by atoms with Crippen molar-refractivity contribution in [1.82, 2.24) is 25.2 Å². The van der Waals surface area contributed by atoms with Gasteiger partial charge in [0.1, 0.15) is 17.0 Å². The molecular formula is C25H24ClN5O2S. The van der Waals surface area contributed by atoms with Crippen molar-refractivity contribution >= 4 is 29.3 Å². The zero-order chi connectivity index (χ0) is 24.1. The number of thioether (sulfide) groups is 1. The fraction of sp³-hybridized carbons (Fsp3) is 0.200. The highest BCUT2D eigenvalue weighted by Crippen LogP contribution is 2.27. The summed E-state index contributed by atoms with van der Waals surface area (Å²) in [6.45, 7) is 5.46. The Kier molecular flexibility index (Phi) is 7.49. The third-order valence-electron chi connectivity index (χ3n) is 5.26. The molecule has 0 bridgehead atoms. The van der Waals surface area contributed by atoms with E-state index in [1.54, 1.807) is 6.92 Å². The van der Waals surface area contributed by atoms with Gasteiger partial charge in [-0.2, -0.15) is 0 Å². The lowest BCUT2D eigenvalue weighted by Crippen LogP contribution is -2.32. The van der Waals surface area contributed by atoms with Crippen molar-refractivity contribution in [3.63, 3.8) is 0 Å². The van der Waals surface area contributed by atoms with Crippen molar-refractivity contribution in [2.24, 2.45) is 7.05 Å². The van der Waals surface area contributed by atoms with Crippen LogP contribution in [0.5, 0.6) is 0 Å². The van der Waals surface area contributed by atoms with E-state index in [1.165, 1.54) is 11.8 Å². The number of carbonyl (C=O) groups excluding carboxylic acids is 1. The molecular weight excluding hydrogens is 470 g/mol. The lowest BCUT2D eigenvalue weighted by atomic mass is 10.0. The van der Waals surface area contributed by atoms with Gasteiger partial charge < -0.3 is 14.4 Å². The van der Waals surface area contributed by atoms with E-state index in [0.717, 1.165) is 11.1 Å². The van der Waals surface area contributed by atoms with Gasteiger partial charge in [0.05, 0.1) is 6.04 Å². The number of halogens is 1. The monoisotopic (exact) mass is 493 g/mol. The predicted octanol–water partition coefficient (Wildman–Crippen LogP) is 5.34. The molecule has 0 saturated heterocycles. The smallest absolute Gasteiger partial charge is 0.257 e. The number of hydrogen-bond donors (Lipinski definition) is 1. The third kappa shape index (κ3) is 5.40. The molecule has 0 radical (unpaired) electrons. The van der Waals surface area contributed by atoms with Gasteiger partial charge in [0, 0.05) is 23.4 Å². The summed E-state index contributed by atoms with van der Waals surface area (Å²) in [6.07, 6.45) is 0.538. The average Bonchev–Trinajstić information content (AvgIpc) is 3.40. The first kappa shape index (κ1) is 23.8. The number of aromatic nitrogens is 4. The highest BCUT2D eigenvalue weighted by Gasteiger charge is 2.27. The molecule has 0 unspecified atom stereocenters. The number of nitrogens with one attached hydrogen (secondary N) is 1. The largest absolute Gasteiger partial charge is 0.360 e. The van der Waals surface area contributed by atoms with Crippen molar-refractivity contribution in [2.45, 2.75) is 24.5 Å². The van der Waals surface area contributed by atoms with E-state index in [9.17, 15) is 4.79 Å². The van der Waals surface area contributed by atoms with Crippen LogP contribution < -0.4 is 5.32 Å². The second kappa shape index (κ2) is 10.7. The maximum Gasteiger partial charge on any atom is 0.257 e. The number of hydrogen-bond acceptors (Lipinski definition) is 6. The summed E-state index contributed by atoms with van der Waals surface area (Å²) in [6, 6.07) is 19.0. The standard InChI is InChI=1S/C25H24ClN5O2S/c1-16(26)15-34-25-29-28-23(31(25)3)20(14-18-10-6-4-7-11-18)27-24(32)21-17(2)33-30-22(21)19-12-8-5-9-13-19/h4-13,20H,1,14-15H2,2-3H3,(H,27,32)/t20-/m0/s1. The van der Waals surface area contributed by atoms with Gasteiger partial charge in [0.15, 0.2) is 11.0 Å². The van der Waals surface area contributed by atoms with Crippen LogP contribution in [0, 0.1) is 6.92 Å². The number of nitrogens with zero attached hydrogens (tertiary/aromatic N) is 4. The highest BCUT2D eigenvalue weighted by atomic mass is 35.5. The molecule has 1 atom stereocenters. The van der Waals surface area contributed by atoms with Gasteiger partial charge in [-0.25, -0.2) is 0 Å². The first-order valence-electron chi connectivity index (χ1n) is 10.7. The minimum Gasteiger partial charge on any atom is -0.360 e. The van der Waals surface area contributed by atoms with E-state index in [1.807, 2.05) is 72.3 Å². The molecule has 9 heteroatoms. The summed E-state index contributed by atoms with van der Waals surface area (Å²) in [5.41, 5.74) is 2.77. The van der Waals surface area contributed by atoms with Crippen molar-refractivity contribution in [3.8, 4) is 11.3 Å². The lowest BCUT2D eigenvalue weighted by Gasteiger charge is -2.19. The number of rotatable bonds is 9. The Morgan fingerprint density at radius 3 is 2.50 bits per heavy atom. The van der Waals surface area contributed by atoms with Crippen LogP contribution in [0.2, 0.25) is 0 Å². The second-order valence-electron chi connectivity index (χ2n) is 7.75. The van der Waals surface area contributed by atoms with E-state index in [-0.39, 0.29) is 5.91 Å². The van der Waals surface area contributed by atoms with E-state index < -0.39 is 6.04 Å². The zero-order valence-electron chi connectivity index (χ0n) is 18.9. The van der Waals surface area contributed by atoms with E-state index in [4.69, 9.17) is 16.1 Å². The van der Waals surface area contributed by atoms with Crippen molar-refractivity contribution in [2.75, 3.05) is 5.75 Å². The highest BCUT2D eigenvalue weighted by molar-refractivity contribution is 7.99. The molecule has 0 aliphatic rings. The fourth-order valence-electron chi connectivity index (χ4n) is 3.62. The first-order chi connectivity index (χ1) is 16.4. The summed E-state index contributed by atoms with van der Waals surface area (Å²) in [4.78, 5) is 13.5. The molecule has 4 aromatic rings. The Hall–Kier alpha value is -3.36. The molecule has 34 heavy (non-hydrogen) atoms. The van der Waals surface area contributed by atoms with Crippen molar-refractivity contribution in [1.29, 1.82) is 0 Å². The number of aryl methyl sites for hydroxylation is 1. The van der Waals surface area contributed by atoms with Crippen LogP contribution in [0.25, 0.3) is 11.3 Å². The van der Waals surface area contributed by atoms with Gasteiger partial charge in [-0.1, -0.05) is 95.8 Å². The summed E-state index contributed by atoms with van der Waals surface area (Å²) >= 11 is 7.36. The molecule has 2 aromatic heterocycles. The minimum absolute atomic E-state index is 0.287. The molecule has 174 valence electrons. The Balaban J connectivity index is 1.66. The van der Waals surface area contributed by atoms with Crippen LogP contribution >= 0.6 is 23.4 Å². The second-order valence-corrected chi connectivity index (χ2v) is 9.23. The van der Waals surface area contributed by atoms with Crippen molar-refractivity contribution in [3.05, 3.63) is 95.0 Å². The van der Waals surface area contributed by atoms with Crippen LogP contribution in [0.1, 0.15) is 33.5 Å². The maximum absolute atomic E-state index is 13.5. The Bertz CT molecular complexity index is 1290. The first-order valence-corrected chi connectivity index (χ1v) is 12.0. The number of amides is 1. The molecule has 4 rings (SSSR count). The Morgan fingerprint density at radius 2 is 1.82 bits per heavy atom. The molecule has 1 amide bonds. The van der Waals surface area contributed by atoms with Gasteiger partial charge in [0.25, 0.3) is 5.91 Å². The quantitative estimate of drug-likeness (QED) is 0.317. The topological polar surface area (TPSA) is 85.8 Å². The third-order valence-corrected chi connectivity index (χ3v) is 6.66. The summed E-state index contributed by atoms with van der Waals surface area (Å²) in [5, 5.41) is 17.2. The summed E-state index contributed by atoms with van der Waals surface area (Å²) < 4.78 is 7.26. The van der Waals surface area contributed by atoms with Crippen LogP contribution in [0.3, 0.4) is 0 Å². The summed E-state index contributed by atoms with van der Waals surface area (Å²) in [5.74, 6) is 1.31. The Morgan fingerprint density at radius 1 is 1.15 bits per heavy atom. The Labute approximate surface area is 207 Å². The van der Waals surface area contributed by atoms with Crippen molar-refractivity contribution < 1.29 is 9.32 Å².